The van der Waals surface area contributed by atoms with E-state index in [0.29, 0.717) is 22.7 Å². The van der Waals surface area contributed by atoms with Crippen LogP contribution in [-0.4, -0.2) is 81.6 Å². The van der Waals surface area contributed by atoms with Gasteiger partial charge in [-0.1, -0.05) is 11.6 Å². The molecule has 1 aromatic heterocycles. The van der Waals surface area contributed by atoms with Crippen LogP contribution in [0.5, 0.6) is 0 Å². The summed E-state index contributed by atoms with van der Waals surface area (Å²) in [6.45, 7) is 5.25. The molecule has 1 atom stereocenters. The number of carbonyl (C=O) groups is 2. The van der Waals surface area contributed by atoms with Crippen LogP contribution in [0.2, 0.25) is 5.02 Å². The summed E-state index contributed by atoms with van der Waals surface area (Å²) >= 11 is 6.13. The van der Waals surface area contributed by atoms with E-state index in [1.165, 1.54) is 0 Å². The Labute approximate surface area is 171 Å². The third-order valence-corrected chi connectivity index (χ3v) is 6.75. The van der Waals surface area contributed by atoms with Gasteiger partial charge in [0.15, 0.2) is 5.69 Å². The number of hydrogen-bond donors (Lipinski definition) is 0. The molecule has 3 fully saturated rings. The van der Waals surface area contributed by atoms with Crippen LogP contribution < -0.4 is 0 Å². The number of aromatic nitrogens is 2. The van der Waals surface area contributed by atoms with Crippen molar-refractivity contribution >= 4 is 23.4 Å². The topological polar surface area (TPSA) is 61.7 Å². The van der Waals surface area contributed by atoms with Gasteiger partial charge in [0.25, 0.3) is 5.91 Å². The van der Waals surface area contributed by atoms with Crippen LogP contribution in [0, 0.1) is 5.92 Å². The van der Waals surface area contributed by atoms with Crippen LogP contribution in [0.4, 0.5) is 0 Å². The number of rotatable bonds is 3. The van der Waals surface area contributed by atoms with Crippen LogP contribution in [0.15, 0.2) is 6.20 Å². The molecule has 0 saturated carbocycles. The predicted molar refractivity (Wildman–Crippen MR) is 107 cm³/mol. The summed E-state index contributed by atoms with van der Waals surface area (Å²) in [7, 11) is 1.77. The first kappa shape index (κ1) is 19.7. The lowest BCUT2D eigenvalue weighted by atomic mass is 9.93. The van der Waals surface area contributed by atoms with Gasteiger partial charge in [0.2, 0.25) is 5.91 Å². The number of halogens is 1. The van der Waals surface area contributed by atoms with Crippen molar-refractivity contribution in [2.24, 2.45) is 13.0 Å². The first-order valence-corrected chi connectivity index (χ1v) is 10.9. The van der Waals surface area contributed by atoms with Gasteiger partial charge in [0.05, 0.1) is 10.9 Å². The highest BCUT2D eigenvalue weighted by molar-refractivity contribution is 6.33. The number of amides is 2. The van der Waals surface area contributed by atoms with Crippen molar-refractivity contribution in [3.05, 3.63) is 16.9 Å². The van der Waals surface area contributed by atoms with E-state index in [4.69, 9.17) is 11.6 Å². The monoisotopic (exact) mass is 407 g/mol. The first-order chi connectivity index (χ1) is 13.5. The molecule has 4 heterocycles. The zero-order valence-corrected chi connectivity index (χ0v) is 17.4. The van der Waals surface area contributed by atoms with Gasteiger partial charge in [-0.3, -0.25) is 19.2 Å². The molecule has 154 valence electrons. The van der Waals surface area contributed by atoms with E-state index in [2.05, 4.69) is 14.9 Å². The molecule has 3 aliphatic rings. The number of nitrogens with zero attached hydrogens (tertiary/aromatic N) is 5. The predicted octanol–water partition coefficient (Wildman–Crippen LogP) is 2.01. The lowest BCUT2D eigenvalue weighted by Gasteiger charge is -2.42. The van der Waals surface area contributed by atoms with E-state index in [1.54, 1.807) is 17.9 Å². The molecule has 3 aliphatic heterocycles. The molecule has 0 radical (unpaired) electrons. The van der Waals surface area contributed by atoms with Gasteiger partial charge in [-0.05, 0) is 45.1 Å². The Bertz CT molecular complexity index is 722. The molecule has 4 rings (SSSR count). The maximum atomic E-state index is 12.8. The van der Waals surface area contributed by atoms with Crippen LogP contribution in [-0.2, 0) is 11.8 Å². The van der Waals surface area contributed by atoms with Gasteiger partial charge in [-0.15, -0.1) is 0 Å². The van der Waals surface area contributed by atoms with Crippen LogP contribution in [0.3, 0.4) is 0 Å². The first-order valence-electron chi connectivity index (χ1n) is 10.5. The molecule has 0 spiro atoms. The Kier molecular flexibility index (Phi) is 5.92. The average molecular weight is 408 g/mol. The molecule has 0 aliphatic carbocycles. The van der Waals surface area contributed by atoms with Crippen molar-refractivity contribution in [1.29, 1.82) is 0 Å². The summed E-state index contributed by atoms with van der Waals surface area (Å²) in [6, 6.07) is 0.456. The lowest BCUT2D eigenvalue weighted by Crippen LogP contribution is -2.51. The molecule has 1 aromatic rings. The molecule has 2 amide bonds. The fourth-order valence-electron chi connectivity index (χ4n) is 4.92. The summed E-state index contributed by atoms with van der Waals surface area (Å²) in [6.07, 6.45) is 7.95. The number of hydrogen-bond acceptors (Lipinski definition) is 4. The minimum atomic E-state index is -0.0789. The summed E-state index contributed by atoms with van der Waals surface area (Å²) in [4.78, 5) is 31.9. The number of piperidine rings is 2. The molecule has 0 aromatic carbocycles. The highest BCUT2D eigenvalue weighted by atomic mass is 35.5. The summed E-state index contributed by atoms with van der Waals surface area (Å²) < 4.78 is 1.58. The molecular weight excluding hydrogens is 378 g/mol. The second kappa shape index (κ2) is 8.41. The van der Waals surface area contributed by atoms with Gasteiger partial charge >= 0.3 is 0 Å². The van der Waals surface area contributed by atoms with Crippen molar-refractivity contribution in [2.45, 2.75) is 44.6 Å². The van der Waals surface area contributed by atoms with Gasteiger partial charge in [0.1, 0.15) is 0 Å². The molecule has 0 N–H and O–H groups in total. The molecule has 7 nitrogen and oxygen atoms in total. The third kappa shape index (κ3) is 4.06. The Morgan fingerprint density at radius 1 is 1.00 bits per heavy atom. The number of aryl methyl sites for hydroxylation is 1. The highest BCUT2D eigenvalue weighted by Crippen LogP contribution is 2.27. The van der Waals surface area contributed by atoms with Crippen LogP contribution >= 0.6 is 11.6 Å². The van der Waals surface area contributed by atoms with E-state index in [-0.39, 0.29) is 11.8 Å². The lowest BCUT2D eigenvalue weighted by molar-refractivity contribution is -0.136. The zero-order chi connectivity index (χ0) is 19.7. The summed E-state index contributed by atoms with van der Waals surface area (Å²) in [5, 5.41) is 4.61. The maximum Gasteiger partial charge on any atom is 0.275 e. The summed E-state index contributed by atoms with van der Waals surface area (Å²) in [5.74, 6) is 0.434. The summed E-state index contributed by atoms with van der Waals surface area (Å²) in [5.41, 5.74) is 0.344. The smallest absolute Gasteiger partial charge is 0.275 e. The van der Waals surface area contributed by atoms with Crippen molar-refractivity contribution in [1.82, 2.24) is 24.5 Å². The quantitative estimate of drug-likeness (QED) is 0.769. The minimum Gasteiger partial charge on any atom is -0.342 e. The molecule has 0 unspecified atom stereocenters. The average Bonchev–Trinajstić information content (AvgIpc) is 3.37. The highest BCUT2D eigenvalue weighted by Gasteiger charge is 2.35. The third-order valence-electron chi connectivity index (χ3n) is 6.47. The second-order valence-corrected chi connectivity index (χ2v) is 8.80. The Morgan fingerprint density at radius 3 is 2.36 bits per heavy atom. The van der Waals surface area contributed by atoms with Gasteiger partial charge < -0.3 is 9.80 Å². The van der Waals surface area contributed by atoms with Crippen molar-refractivity contribution in [2.75, 3.05) is 39.3 Å². The largest absolute Gasteiger partial charge is 0.342 e. The fourth-order valence-corrected chi connectivity index (χ4v) is 5.18. The second-order valence-electron chi connectivity index (χ2n) is 8.39. The molecule has 28 heavy (non-hydrogen) atoms. The van der Waals surface area contributed by atoms with Crippen LogP contribution in [0.1, 0.15) is 49.0 Å². The van der Waals surface area contributed by atoms with E-state index in [9.17, 15) is 9.59 Å². The Hall–Kier alpha value is -1.60. The van der Waals surface area contributed by atoms with Crippen molar-refractivity contribution < 1.29 is 9.59 Å². The van der Waals surface area contributed by atoms with E-state index < -0.39 is 0 Å². The van der Waals surface area contributed by atoms with E-state index in [0.717, 1.165) is 77.8 Å². The maximum absolute atomic E-state index is 12.8. The minimum absolute atomic E-state index is 0.0789. The number of likely N-dealkylation sites (tertiary alicyclic amines) is 3. The number of carbonyl (C=O) groups excluding carboxylic acids is 2. The van der Waals surface area contributed by atoms with E-state index >= 15 is 0 Å². The van der Waals surface area contributed by atoms with E-state index in [1.807, 2.05) is 4.90 Å². The normalized spacial score (nSPS) is 24.7. The molecular formula is C20H30ClN5O2. The fraction of sp³-hybridized carbons (Fsp3) is 0.750. The molecule has 3 saturated heterocycles. The van der Waals surface area contributed by atoms with Gasteiger partial charge in [-0.25, -0.2) is 0 Å². The molecule has 0 bridgehead atoms. The zero-order valence-electron chi connectivity index (χ0n) is 16.6. The Morgan fingerprint density at radius 2 is 1.71 bits per heavy atom. The SMILES string of the molecule is Cn1cc(Cl)c(C(=O)N2CCC(N3CCC[C@H](C(=O)N4CCCC4)C3)CC2)n1. The standard InChI is InChI=1S/C20H30ClN5O2/c1-23-14-17(21)18(22-23)20(28)25-11-6-16(7-12-25)26-10-4-5-15(13-26)19(27)24-8-2-3-9-24/h14-16H,2-13H2,1H3/t15-/m0/s1. The van der Waals surface area contributed by atoms with Crippen molar-refractivity contribution in [3.8, 4) is 0 Å². The van der Waals surface area contributed by atoms with Crippen LogP contribution in [0.25, 0.3) is 0 Å². The van der Waals surface area contributed by atoms with Gasteiger partial charge in [-0.2, -0.15) is 5.10 Å². The molecule has 8 heteroatoms. The van der Waals surface area contributed by atoms with Crippen molar-refractivity contribution in [3.63, 3.8) is 0 Å². The Balaban J connectivity index is 1.31. The van der Waals surface area contributed by atoms with Gasteiger partial charge in [0, 0.05) is 52.0 Å².